The van der Waals surface area contributed by atoms with E-state index in [0.717, 1.165) is 24.2 Å². The molecule has 0 amide bonds. The standard InChI is InChI=1S/C13H13N5/c14-6-3-12-5-9-17-13(18-12)16-8-4-11-2-1-7-15-10-11/h1-2,5,7,9-10H,3-4,8H2,(H,16,17,18). The zero-order valence-corrected chi connectivity index (χ0v) is 9.87. The van der Waals surface area contributed by atoms with Crippen LogP contribution in [-0.2, 0) is 12.8 Å². The van der Waals surface area contributed by atoms with Crippen molar-refractivity contribution in [3.05, 3.63) is 48.0 Å². The molecule has 5 heteroatoms. The maximum absolute atomic E-state index is 8.60. The molecule has 2 heterocycles. The van der Waals surface area contributed by atoms with E-state index in [1.54, 1.807) is 18.5 Å². The van der Waals surface area contributed by atoms with Gasteiger partial charge < -0.3 is 5.32 Å². The number of nitriles is 1. The number of aromatic nitrogens is 3. The minimum Gasteiger partial charge on any atom is -0.354 e. The van der Waals surface area contributed by atoms with E-state index in [4.69, 9.17) is 5.26 Å². The number of nitrogens with one attached hydrogen (secondary N) is 1. The molecule has 0 saturated heterocycles. The van der Waals surface area contributed by atoms with Gasteiger partial charge in [-0.2, -0.15) is 5.26 Å². The molecule has 0 spiro atoms. The van der Waals surface area contributed by atoms with E-state index in [1.165, 1.54) is 0 Å². The van der Waals surface area contributed by atoms with E-state index in [9.17, 15) is 0 Å². The number of pyridine rings is 1. The molecule has 2 rings (SSSR count). The number of hydrogen-bond acceptors (Lipinski definition) is 5. The molecule has 0 aliphatic heterocycles. The summed E-state index contributed by atoms with van der Waals surface area (Å²) in [5.74, 6) is 0.562. The van der Waals surface area contributed by atoms with E-state index in [0.29, 0.717) is 12.4 Å². The molecular formula is C13H13N5. The summed E-state index contributed by atoms with van der Waals surface area (Å²) in [6.07, 6.45) is 6.42. The van der Waals surface area contributed by atoms with E-state index < -0.39 is 0 Å². The molecule has 0 bridgehead atoms. The summed E-state index contributed by atoms with van der Waals surface area (Å²) in [5.41, 5.74) is 1.90. The molecule has 0 unspecified atom stereocenters. The van der Waals surface area contributed by atoms with Crippen LogP contribution in [0.3, 0.4) is 0 Å². The van der Waals surface area contributed by atoms with Crippen LogP contribution in [-0.4, -0.2) is 21.5 Å². The largest absolute Gasteiger partial charge is 0.354 e. The van der Waals surface area contributed by atoms with Crippen molar-refractivity contribution >= 4 is 5.95 Å². The third-order valence-corrected chi connectivity index (χ3v) is 2.39. The van der Waals surface area contributed by atoms with Crippen LogP contribution >= 0.6 is 0 Å². The molecule has 0 aliphatic carbocycles. The smallest absolute Gasteiger partial charge is 0.222 e. The molecule has 5 nitrogen and oxygen atoms in total. The van der Waals surface area contributed by atoms with Gasteiger partial charge in [0.25, 0.3) is 0 Å². The van der Waals surface area contributed by atoms with Gasteiger partial charge in [-0.05, 0) is 24.1 Å². The van der Waals surface area contributed by atoms with E-state index in [1.807, 2.05) is 18.3 Å². The van der Waals surface area contributed by atoms with Crippen LogP contribution in [0.15, 0.2) is 36.8 Å². The lowest BCUT2D eigenvalue weighted by Crippen LogP contribution is -2.08. The molecule has 0 saturated carbocycles. The Labute approximate surface area is 106 Å². The summed E-state index contributed by atoms with van der Waals surface area (Å²) in [7, 11) is 0. The quantitative estimate of drug-likeness (QED) is 0.857. The van der Waals surface area contributed by atoms with Crippen molar-refractivity contribution in [2.24, 2.45) is 0 Å². The normalized spacial score (nSPS) is 9.72. The second-order valence-corrected chi connectivity index (χ2v) is 3.74. The molecule has 2 aromatic heterocycles. The molecule has 0 atom stereocenters. The maximum Gasteiger partial charge on any atom is 0.222 e. The van der Waals surface area contributed by atoms with Crippen molar-refractivity contribution < 1.29 is 0 Å². The zero-order chi connectivity index (χ0) is 12.6. The lowest BCUT2D eigenvalue weighted by Gasteiger charge is -2.05. The monoisotopic (exact) mass is 239 g/mol. The highest BCUT2D eigenvalue weighted by molar-refractivity contribution is 5.26. The third-order valence-electron chi connectivity index (χ3n) is 2.39. The van der Waals surface area contributed by atoms with E-state index in [2.05, 4.69) is 26.3 Å². The third kappa shape index (κ3) is 3.52. The van der Waals surface area contributed by atoms with Crippen molar-refractivity contribution in [2.45, 2.75) is 12.8 Å². The van der Waals surface area contributed by atoms with Crippen LogP contribution in [0.1, 0.15) is 11.3 Å². The predicted octanol–water partition coefficient (Wildman–Crippen LogP) is 1.59. The first-order chi connectivity index (χ1) is 8.88. The number of rotatable bonds is 5. The second-order valence-electron chi connectivity index (χ2n) is 3.74. The van der Waals surface area contributed by atoms with Gasteiger partial charge in [0.2, 0.25) is 5.95 Å². The molecule has 0 fully saturated rings. The molecule has 1 N–H and O–H groups in total. The predicted molar refractivity (Wildman–Crippen MR) is 67.8 cm³/mol. The number of hydrogen-bond donors (Lipinski definition) is 1. The van der Waals surface area contributed by atoms with Gasteiger partial charge in [0.15, 0.2) is 0 Å². The molecule has 2 aromatic rings. The summed E-state index contributed by atoms with van der Waals surface area (Å²) in [4.78, 5) is 12.4. The van der Waals surface area contributed by atoms with E-state index >= 15 is 0 Å². The summed E-state index contributed by atoms with van der Waals surface area (Å²) >= 11 is 0. The van der Waals surface area contributed by atoms with Gasteiger partial charge in [0.1, 0.15) is 0 Å². The lowest BCUT2D eigenvalue weighted by atomic mass is 10.2. The minimum absolute atomic E-state index is 0.305. The maximum atomic E-state index is 8.60. The first-order valence-electron chi connectivity index (χ1n) is 5.70. The summed E-state index contributed by atoms with van der Waals surface area (Å²) < 4.78 is 0. The molecule has 0 aliphatic rings. The van der Waals surface area contributed by atoms with Crippen LogP contribution in [0.25, 0.3) is 0 Å². The Kier molecular flexibility index (Phi) is 4.20. The number of nitrogens with zero attached hydrogens (tertiary/aromatic N) is 4. The van der Waals surface area contributed by atoms with Crippen LogP contribution < -0.4 is 5.32 Å². The van der Waals surface area contributed by atoms with Crippen LogP contribution in [0.5, 0.6) is 0 Å². The Balaban J connectivity index is 1.87. The van der Waals surface area contributed by atoms with Gasteiger partial charge in [-0.15, -0.1) is 0 Å². The van der Waals surface area contributed by atoms with Gasteiger partial charge in [0.05, 0.1) is 18.2 Å². The Morgan fingerprint density at radius 2 is 2.22 bits per heavy atom. The van der Waals surface area contributed by atoms with Crippen molar-refractivity contribution in [3.8, 4) is 6.07 Å². The van der Waals surface area contributed by atoms with Crippen molar-refractivity contribution in [1.82, 2.24) is 15.0 Å². The molecule has 0 aromatic carbocycles. The van der Waals surface area contributed by atoms with Crippen LogP contribution in [0.4, 0.5) is 5.95 Å². The minimum atomic E-state index is 0.305. The van der Waals surface area contributed by atoms with Gasteiger partial charge >= 0.3 is 0 Å². The number of anilines is 1. The van der Waals surface area contributed by atoms with Crippen LogP contribution in [0.2, 0.25) is 0 Å². The van der Waals surface area contributed by atoms with Crippen molar-refractivity contribution in [3.63, 3.8) is 0 Å². The fraction of sp³-hybridized carbons (Fsp3) is 0.231. The highest BCUT2D eigenvalue weighted by atomic mass is 15.1. The van der Waals surface area contributed by atoms with Crippen LogP contribution in [0, 0.1) is 11.3 Å². The second kappa shape index (κ2) is 6.30. The lowest BCUT2D eigenvalue weighted by molar-refractivity contribution is 0.959. The first-order valence-corrected chi connectivity index (χ1v) is 5.70. The molecule has 90 valence electrons. The highest BCUT2D eigenvalue weighted by Crippen LogP contribution is 2.02. The molecule has 0 radical (unpaired) electrons. The summed E-state index contributed by atoms with van der Waals surface area (Å²) in [5, 5.41) is 11.7. The topological polar surface area (TPSA) is 74.5 Å². The zero-order valence-electron chi connectivity index (χ0n) is 9.87. The average Bonchev–Trinajstić information content (AvgIpc) is 2.41. The van der Waals surface area contributed by atoms with Crippen molar-refractivity contribution in [2.75, 3.05) is 11.9 Å². The Morgan fingerprint density at radius 1 is 1.28 bits per heavy atom. The molecule has 18 heavy (non-hydrogen) atoms. The fourth-order valence-corrected chi connectivity index (χ4v) is 1.53. The summed E-state index contributed by atoms with van der Waals surface area (Å²) in [6, 6.07) is 7.76. The first kappa shape index (κ1) is 12.0. The Hall–Kier alpha value is -2.48. The Morgan fingerprint density at radius 3 is 3.00 bits per heavy atom. The SMILES string of the molecule is N#CCc1ccnc(NCCc2cccnc2)n1. The molecular weight excluding hydrogens is 226 g/mol. The summed E-state index contributed by atoms with van der Waals surface area (Å²) in [6.45, 7) is 0.738. The van der Waals surface area contributed by atoms with Gasteiger partial charge in [-0.25, -0.2) is 9.97 Å². The Bertz CT molecular complexity index is 533. The van der Waals surface area contributed by atoms with Gasteiger partial charge in [-0.1, -0.05) is 6.07 Å². The van der Waals surface area contributed by atoms with Gasteiger partial charge in [-0.3, -0.25) is 4.98 Å². The van der Waals surface area contributed by atoms with Gasteiger partial charge in [0, 0.05) is 25.1 Å². The highest BCUT2D eigenvalue weighted by Gasteiger charge is 1.98. The average molecular weight is 239 g/mol. The van der Waals surface area contributed by atoms with Crippen molar-refractivity contribution in [1.29, 1.82) is 5.26 Å². The van der Waals surface area contributed by atoms with E-state index in [-0.39, 0.29) is 0 Å². The fourth-order valence-electron chi connectivity index (χ4n) is 1.53.